The summed E-state index contributed by atoms with van der Waals surface area (Å²) in [4.78, 5) is 43.4. The third-order valence-corrected chi connectivity index (χ3v) is 8.02. The molecule has 2 aromatic heterocycles. The van der Waals surface area contributed by atoms with E-state index in [1.807, 2.05) is 38.1 Å². The number of ether oxygens (including phenoxy) is 3. The predicted molar refractivity (Wildman–Crippen MR) is 164 cm³/mol. The summed E-state index contributed by atoms with van der Waals surface area (Å²) in [5, 5.41) is 11.3. The van der Waals surface area contributed by atoms with Crippen LogP contribution in [0.1, 0.15) is 43.2 Å². The number of carbonyl (C=O) groups is 1. The molecule has 1 aliphatic heterocycles. The van der Waals surface area contributed by atoms with Crippen LogP contribution >= 0.6 is 11.3 Å². The van der Waals surface area contributed by atoms with Crippen molar-refractivity contribution in [1.29, 1.82) is 0 Å². The minimum Gasteiger partial charge on any atom is -0.493 e. The van der Waals surface area contributed by atoms with Crippen molar-refractivity contribution in [3.63, 3.8) is 0 Å². The van der Waals surface area contributed by atoms with Gasteiger partial charge in [0.2, 0.25) is 0 Å². The van der Waals surface area contributed by atoms with Crippen molar-refractivity contribution in [2.75, 3.05) is 26.9 Å². The lowest BCUT2D eigenvalue weighted by atomic mass is 9.95. The second-order valence-electron chi connectivity index (χ2n) is 10.1. The number of nitro benzene ring substituents is 1. The Morgan fingerprint density at radius 3 is 2.68 bits per heavy atom. The lowest BCUT2D eigenvalue weighted by Crippen LogP contribution is -2.40. The van der Waals surface area contributed by atoms with Gasteiger partial charge in [-0.3, -0.25) is 19.5 Å². The Bertz CT molecular complexity index is 1930. The highest BCUT2D eigenvalue weighted by atomic mass is 32.1. The fourth-order valence-electron chi connectivity index (χ4n) is 4.92. The van der Waals surface area contributed by atoms with Crippen LogP contribution in [0.25, 0.3) is 17.4 Å². The van der Waals surface area contributed by atoms with Gasteiger partial charge in [0.25, 0.3) is 11.2 Å². The van der Waals surface area contributed by atoms with Crippen LogP contribution in [0.4, 0.5) is 5.69 Å². The highest BCUT2D eigenvalue weighted by Gasteiger charge is 2.35. The Hall–Kier alpha value is -4.81. The van der Waals surface area contributed by atoms with E-state index >= 15 is 0 Å². The van der Waals surface area contributed by atoms with Crippen molar-refractivity contribution in [2.24, 2.45) is 4.99 Å². The van der Waals surface area contributed by atoms with E-state index in [0.717, 1.165) is 23.3 Å². The Morgan fingerprint density at radius 1 is 1.14 bits per heavy atom. The number of non-ortho nitro benzene ring substituents is 1. The normalized spacial score (nSPS) is 14.7. The average molecular weight is 618 g/mol. The molecule has 2 aromatic carbocycles. The number of methoxy groups -OCH3 is 1. The van der Waals surface area contributed by atoms with Gasteiger partial charge in [0.05, 0.1) is 33.9 Å². The van der Waals surface area contributed by atoms with Crippen LogP contribution in [-0.4, -0.2) is 42.4 Å². The Balaban J connectivity index is 1.62. The predicted octanol–water partition coefficient (Wildman–Crippen LogP) is 4.69. The van der Waals surface area contributed by atoms with Gasteiger partial charge < -0.3 is 18.6 Å². The molecule has 5 rings (SSSR count). The maximum Gasteiger partial charge on any atom is 0.338 e. The largest absolute Gasteiger partial charge is 0.493 e. The number of carbonyl (C=O) groups excluding carboxylic acids is 1. The second-order valence-corrected chi connectivity index (χ2v) is 11.1. The number of allylic oxidation sites excluding steroid dienone is 1. The number of esters is 1. The Morgan fingerprint density at radius 2 is 1.93 bits per heavy atom. The Kier molecular flexibility index (Phi) is 9.21. The number of rotatable bonds is 11. The lowest BCUT2D eigenvalue weighted by molar-refractivity contribution is -0.384. The van der Waals surface area contributed by atoms with Crippen LogP contribution in [-0.2, 0) is 14.3 Å². The SMILES string of the molecule is CCCOc1ccccc1[C@H]1C(C(=O)OCCOC)=C(C)N=c2s/c(=C/c3ccc(-c4cc([N+](=O)[O-])ccc4C)o3)c(=O)n21. The summed E-state index contributed by atoms with van der Waals surface area (Å²) in [6.07, 6.45) is 2.38. The van der Waals surface area contributed by atoms with Crippen molar-refractivity contribution < 1.29 is 28.3 Å². The molecule has 0 N–H and O–H groups in total. The van der Waals surface area contributed by atoms with Crippen LogP contribution in [0, 0.1) is 17.0 Å². The van der Waals surface area contributed by atoms with Gasteiger partial charge in [0.1, 0.15) is 29.9 Å². The first-order valence-electron chi connectivity index (χ1n) is 14.0. The molecule has 1 aliphatic rings. The molecule has 0 saturated carbocycles. The maximum atomic E-state index is 14.0. The third kappa shape index (κ3) is 6.12. The molecular weight excluding hydrogens is 586 g/mol. The minimum absolute atomic E-state index is 0.0438. The number of para-hydroxylation sites is 1. The van der Waals surface area contributed by atoms with Gasteiger partial charge in [-0.1, -0.05) is 42.5 Å². The summed E-state index contributed by atoms with van der Waals surface area (Å²) >= 11 is 1.16. The fraction of sp³-hybridized carbons (Fsp3) is 0.281. The van der Waals surface area contributed by atoms with Gasteiger partial charge in [-0.15, -0.1) is 0 Å². The summed E-state index contributed by atoms with van der Waals surface area (Å²) in [5.74, 6) is 0.765. The molecule has 0 saturated heterocycles. The van der Waals surface area contributed by atoms with Crippen molar-refractivity contribution in [3.8, 4) is 17.1 Å². The molecule has 0 amide bonds. The highest BCUT2D eigenvalue weighted by molar-refractivity contribution is 7.07. The maximum absolute atomic E-state index is 14.0. The van der Waals surface area contributed by atoms with E-state index in [0.29, 0.717) is 50.0 Å². The number of aryl methyl sites for hydroxylation is 1. The number of nitro groups is 1. The van der Waals surface area contributed by atoms with Crippen LogP contribution in [0.5, 0.6) is 5.75 Å². The minimum atomic E-state index is -0.851. The number of benzene rings is 2. The number of aromatic nitrogens is 1. The molecule has 3 heterocycles. The molecule has 1 atom stereocenters. The van der Waals surface area contributed by atoms with E-state index in [4.69, 9.17) is 18.6 Å². The van der Waals surface area contributed by atoms with Gasteiger partial charge in [0.15, 0.2) is 4.80 Å². The topological polar surface area (TPSA) is 135 Å². The molecular formula is C32H31N3O8S. The number of fused-ring (bicyclic) bond motifs is 1. The lowest BCUT2D eigenvalue weighted by Gasteiger charge is -2.26. The smallest absolute Gasteiger partial charge is 0.338 e. The van der Waals surface area contributed by atoms with Gasteiger partial charge in [-0.2, -0.15) is 0 Å². The van der Waals surface area contributed by atoms with Gasteiger partial charge in [-0.05, 0) is 44.0 Å². The van der Waals surface area contributed by atoms with E-state index in [-0.39, 0.29) is 30.0 Å². The van der Waals surface area contributed by atoms with E-state index < -0.39 is 16.9 Å². The zero-order valence-electron chi connectivity index (χ0n) is 24.7. The molecule has 228 valence electrons. The van der Waals surface area contributed by atoms with Gasteiger partial charge in [0, 0.05) is 36.4 Å². The van der Waals surface area contributed by atoms with Crippen LogP contribution in [0.15, 0.2) is 80.1 Å². The average Bonchev–Trinajstić information content (AvgIpc) is 3.59. The summed E-state index contributed by atoms with van der Waals surface area (Å²) < 4.78 is 24.4. The molecule has 4 aromatic rings. The Labute approximate surface area is 256 Å². The fourth-order valence-corrected chi connectivity index (χ4v) is 5.94. The van der Waals surface area contributed by atoms with Crippen LogP contribution in [0.2, 0.25) is 0 Å². The van der Waals surface area contributed by atoms with Crippen LogP contribution in [0.3, 0.4) is 0 Å². The van der Waals surface area contributed by atoms with Gasteiger partial charge in [-0.25, -0.2) is 9.79 Å². The number of hydrogen-bond acceptors (Lipinski definition) is 10. The van der Waals surface area contributed by atoms with Gasteiger partial charge >= 0.3 is 5.97 Å². The zero-order valence-corrected chi connectivity index (χ0v) is 25.5. The van der Waals surface area contributed by atoms with Crippen molar-refractivity contribution in [2.45, 2.75) is 33.2 Å². The van der Waals surface area contributed by atoms with E-state index in [1.165, 1.54) is 23.8 Å². The first kappa shape index (κ1) is 30.6. The molecule has 11 nitrogen and oxygen atoms in total. The molecule has 44 heavy (non-hydrogen) atoms. The molecule has 0 bridgehead atoms. The third-order valence-electron chi connectivity index (χ3n) is 7.04. The summed E-state index contributed by atoms with van der Waals surface area (Å²) in [6, 6.07) is 14.4. The standard InChI is InChI=1S/C32H31N3O8S/c1-5-14-41-25-9-7-6-8-23(25)29-28(31(37)42-16-15-40-4)20(3)33-32-34(29)30(36)27(44-32)18-22-12-13-26(43-22)24-17-21(35(38)39)11-10-19(24)2/h6-13,17-18,29H,5,14-16H2,1-4H3/b27-18+/t29-/m0/s1. The number of furan rings is 1. The van der Waals surface area contributed by atoms with Crippen LogP contribution < -0.4 is 19.6 Å². The summed E-state index contributed by atoms with van der Waals surface area (Å²) in [5.41, 5.74) is 2.25. The van der Waals surface area contributed by atoms with Crippen molar-refractivity contribution in [1.82, 2.24) is 4.57 Å². The first-order chi connectivity index (χ1) is 21.2. The summed E-state index contributed by atoms with van der Waals surface area (Å²) in [6.45, 7) is 6.27. The zero-order chi connectivity index (χ0) is 31.4. The van der Waals surface area contributed by atoms with Crippen molar-refractivity contribution >= 4 is 29.1 Å². The highest BCUT2D eigenvalue weighted by Crippen LogP contribution is 2.36. The quantitative estimate of drug-likeness (QED) is 0.102. The number of nitrogens with zero attached hydrogens (tertiary/aromatic N) is 3. The van der Waals surface area contributed by atoms with Crippen molar-refractivity contribution in [3.05, 3.63) is 113 Å². The monoisotopic (exact) mass is 617 g/mol. The molecule has 0 spiro atoms. The summed E-state index contributed by atoms with van der Waals surface area (Å²) in [7, 11) is 1.51. The first-order valence-corrected chi connectivity index (χ1v) is 14.8. The molecule has 0 fully saturated rings. The number of hydrogen-bond donors (Lipinski definition) is 0. The molecule has 0 unspecified atom stereocenters. The molecule has 12 heteroatoms. The molecule has 0 aliphatic carbocycles. The van der Waals surface area contributed by atoms with E-state index in [9.17, 15) is 19.7 Å². The number of thiazole rings is 1. The van der Waals surface area contributed by atoms with E-state index in [2.05, 4.69) is 4.99 Å². The van der Waals surface area contributed by atoms with E-state index in [1.54, 1.807) is 31.2 Å². The second kappa shape index (κ2) is 13.2. The molecule has 0 radical (unpaired) electrons.